The van der Waals surface area contributed by atoms with Gasteiger partial charge in [0.25, 0.3) is 0 Å². The van der Waals surface area contributed by atoms with Crippen LogP contribution in [-0.4, -0.2) is 23.9 Å². The molecule has 1 saturated carbocycles. The summed E-state index contributed by atoms with van der Waals surface area (Å²) < 4.78 is 0. The minimum absolute atomic E-state index is 0.174. The van der Waals surface area contributed by atoms with Crippen LogP contribution < -0.4 is 0 Å². The van der Waals surface area contributed by atoms with Crippen molar-refractivity contribution in [2.75, 3.05) is 13.1 Å². The summed E-state index contributed by atoms with van der Waals surface area (Å²) in [5, 5.41) is 0. The first kappa shape index (κ1) is 12.5. The first-order chi connectivity index (χ1) is 9.17. The van der Waals surface area contributed by atoms with Gasteiger partial charge in [-0.05, 0) is 49.7 Å². The van der Waals surface area contributed by atoms with E-state index < -0.39 is 0 Å². The molecule has 0 N–H and O–H groups in total. The van der Waals surface area contributed by atoms with Gasteiger partial charge in [0.1, 0.15) is 0 Å². The highest BCUT2D eigenvalue weighted by Gasteiger charge is 2.45. The lowest BCUT2D eigenvalue weighted by atomic mass is 9.95. The van der Waals surface area contributed by atoms with Crippen molar-refractivity contribution in [2.45, 2.75) is 32.6 Å². The first-order valence-corrected chi connectivity index (χ1v) is 7.21. The molecule has 1 aromatic rings. The molecule has 1 spiro atoms. The summed E-state index contributed by atoms with van der Waals surface area (Å²) in [5.74, 6) is 0.174. The average Bonchev–Trinajstić information content (AvgIpc) is 3.15. The number of carbonyl (C=O) groups is 1. The summed E-state index contributed by atoms with van der Waals surface area (Å²) in [4.78, 5) is 14.2. The number of hydrogen-bond donors (Lipinski definition) is 0. The van der Waals surface area contributed by atoms with Crippen molar-refractivity contribution in [3.05, 3.63) is 41.5 Å². The smallest absolute Gasteiger partial charge is 0.246 e. The Balaban J connectivity index is 1.64. The number of likely N-dealkylation sites (tertiary alicyclic amines) is 1. The molecule has 1 aliphatic heterocycles. The number of aryl methyl sites for hydroxylation is 1. The van der Waals surface area contributed by atoms with Crippen molar-refractivity contribution < 1.29 is 4.79 Å². The summed E-state index contributed by atoms with van der Waals surface area (Å²) in [7, 11) is 0. The third-order valence-electron chi connectivity index (χ3n) is 4.39. The topological polar surface area (TPSA) is 20.3 Å². The van der Waals surface area contributed by atoms with Crippen LogP contribution >= 0.6 is 0 Å². The second-order valence-corrected chi connectivity index (χ2v) is 6.11. The number of nitrogens with zero attached hydrogens (tertiary/aromatic N) is 1. The zero-order valence-electron chi connectivity index (χ0n) is 11.6. The van der Waals surface area contributed by atoms with Crippen molar-refractivity contribution in [1.82, 2.24) is 4.90 Å². The fourth-order valence-electron chi connectivity index (χ4n) is 3.03. The van der Waals surface area contributed by atoms with E-state index in [-0.39, 0.29) is 5.91 Å². The van der Waals surface area contributed by atoms with E-state index in [1.54, 1.807) is 6.08 Å². The Labute approximate surface area is 115 Å². The lowest BCUT2D eigenvalue weighted by molar-refractivity contribution is -0.128. The molecule has 2 nitrogen and oxygen atoms in total. The van der Waals surface area contributed by atoms with Gasteiger partial charge in [-0.1, -0.05) is 29.8 Å². The molecule has 1 amide bonds. The van der Waals surface area contributed by atoms with Gasteiger partial charge in [0, 0.05) is 19.2 Å². The van der Waals surface area contributed by atoms with Crippen LogP contribution in [0.5, 0.6) is 0 Å². The van der Waals surface area contributed by atoms with Gasteiger partial charge < -0.3 is 4.90 Å². The molecule has 2 heteroatoms. The lowest BCUT2D eigenvalue weighted by Gasteiger charge is -2.32. The minimum atomic E-state index is 0.174. The highest BCUT2D eigenvalue weighted by molar-refractivity contribution is 5.91. The van der Waals surface area contributed by atoms with Gasteiger partial charge in [-0.2, -0.15) is 0 Å². The maximum absolute atomic E-state index is 12.2. The first-order valence-electron chi connectivity index (χ1n) is 7.21. The Bertz CT molecular complexity index is 514. The number of hydrogen-bond acceptors (Lipinski definition) is 1. The van der Waals surface area contributed by atoms with Gasteiger partial charge in [0.05, 0.1) is 0 Å². The molecule has 2 aliphatic rings. The fourth-order valence-corrected chi connectivity index (χ4v) is 3.03. The molecular weight excluding hydrogens is 234 g/mol. The van der Waals surface area contributed by atoms with Gasteiger partial charge >= 0.3 is 0 Å². The summed E-state index contributed by atoms with van der Waals surface area (Å²) in [6.07, 6.45) is 8.79. The Hall–Kier alpha value is -1.57. The summed E-state index contributed by atoms with van der Waals surface area (Å²) in [5.41, 5.74) is 2.83. The van der Waals surface area contributed by atoms with Gasteiger partial charge in [0.2, 0.25) is 5.91 Å². The number of carbonyl (C=O) groups excluding carboxylic acids is 1. The molecule has 0 unspecified atom stereocenters. The second kappa shape index (κ2) is 4.84. The molecule has 100 valence electrons. The van der Waals surface area contributed by atoms with Crippen LogP contribution in [0.4, 0.5) is 0 Å². The van der Waals surface area contributed by atoms with E-state index in [0.29, 0.717) is 5.41 Å². The molecule has 0 atom stereocenters. The zero-order chi connectivity index (χ0) is 13.3. The van der Waals surface area contributed by atoms with E-state index in [2.05, 4.69) is 19.1 Å². The Morgan fingerprint density at radius 1 is 1.32 bits per heavy atom. The summed E-state index contributed by atoms with van der Waals surface area (Å²) in [6.45, 7) is 3.98. The molecule has 19 heavy (non-hydrogen) atoms. The quantitative estimate of drug-likeness (QED) is 0.742. The standard InChI is InChI=1S/C17H21NO/c1-14-4-2-5-15(12-14)6-7-16(19)18-11-3-8-17(13-18)9-10-17/h2,4-7,12H,3,8-11,13H2,1H3/b7-6+. The van der Waals surface area contributed by atoms with Crippen LogP contribution in [0.1, 0.15) is 36.8 Å². The largest absolute Gasteiger partial charge is 0.339 e. The Morgan fingerprint density at radius 2 is 2.16 bits per heavy atom. The van der Waals surface area contributed by atoms with Gasteiger partial charge in [0.15, 0.2) is 0 Å². The monoisotopic (exact) mass is 255 g/mol. The van der Waals surface area contributed by atoms with Crippen molar-refractivity contribution in [3.8, 4) is 0 Å². The van der Waals surface area contributed by atoms with Crippen molar-refractivity contribution in [3.63, 3.8) is 0 Å². The van der Waals surface area contributed by atoms with Crippen molar-refractivity contribution in [2.24, 2.45) is 5.41 Å². The van der Waals surface area contributed by atoms with Crippen molar-refractivity contribution >= 4 is 12.0 Å². The lowest BCUT2D eigenvalue weighted by Crippen LogP contribution is -2.39. The summed E-state index contributed by atoms with van der Waals surface area (Å²) >= 11 is 0. The number of amides is 1. The maximum Gasteiger partial charge on any atom is 0.246 e. The van der Waals surface area contributed by atoms with Crippen LogP contribution in [-0.2, 0) is 4.79 Å². The number of rotatable bonds is 2. The average molecular weight is 255 g/mol. The van der Waals surface area contributed by atoms with Crippen molar-refractivity contribution in [1.29, 1.82) is 0 Å². The molecule has 1 saturated heterocycles. The molecule has 0 bridgehead atoms. The van der Waals surface area contributed by atoms with Crippen LogP contribution in [0, 0.1) is 12.3 Å². The van der Waals surface area contributed by atoms with E-state index in [1.165, 1.54) is 31.2 Å². The molecule has 0 aromatic heterocycles. The third-order valence-corrected chi connectivity index (χ3v) is 4.39. The van der Waals surface area contributed by atoms with E-state index in [1.807, 2.05) is 23.1 Å². The zero-order valence-corrected chi connectivity index (χ0v) is 11.6. The SMILES string of the molecule is Cc1cccc(/C=C/C(=O)N2CCCC3(CC3)C2)c1. The van der Waals surface area contributed by atoms with Crippen LogP contribution in [0.25, 0.3) is 6.08 Å². The molecule has 3 rings (SSSR count). The second-order valence-electron chi connectivity index (χ2n) is 6.11. The third kappa shape index (κ3) is 2.89. The fraction of sp³-hybridized carbons (Fsp3) is 0.471. The van der Waals surface area contributed by atoms with Gasteiger partial charge in [-0.25, -0.2) is 0 Å². The predicted molar refractivity (Wildman–Crippen MR) is 77.7 cm³/mol. The van der Waals surface area contributed by atoms with E-state index in [4.69, 9.17) is 0 Å². The molecule has 1 heterocycles. The molecule has 1 aliphatic carbocycles. The van der Waals surface area contributed by atoms with E-state index >= 15 is 0 Å². The Morgan fingerprint density at radius 3 is 2.89 bits per heavy atom. The molecular formula is C17H21NO. The number of benzene rings is 1. The highest BCUT2D eigenvalue weighted by atomic mass is 16.2. The summed E-state index contributed by atoms with van der Waals surface area (Å²) in [6, 6.07) is 8.23. The minimum Gasteiger partial charge on any atom is -0.339 e. The van der Waals surface area contributed by atoms with Crippen LogP contribution in [0.3, 0.4) is 0 Å². The van der Waals surface area contributed by atoms with Gasteiger partial charge in [-0.3, -0.25) is 4.79 Å². The Kier molecular flexibility index (Phi) is 3.17. The normalized spacial score (nSPS) is 21.0. The van der Waals surface area contributed by atoms with Crippen LogP contribution in [0.15, 0.2) is 30.3 Å². The maximum atomic E-state index is 12.2. The highest BCUT2D eigenvalue weighted by Crippen LogP contribution is 2.51. The van der Waals surface area contributed by atoms with Crippen LogP contribution in [0.2, 0.25) is 0 Å². The van der Waals surface area contributed by atoms with E-state index in [9.17, 15) is 4.79 Å². The molecule has 1 aromatic carbocycles. The van der Waals surface area contributed by atoms with E-state index in [0.717, 1.165) is 18.7 Å². The molecule has 2 fully saturated rings. The molecule has 0 radical (unpaired) electrons. The number of piperidine rings is 1. The predicted octanol–water partition coefficient (Wildman–Crippen LogP) is 3.41. The van der Waals surface area contributed by atoms with Gasteiger partial charge in [-0.15, -0.1) is 0 Å².